The van der Waals surface area contributed by atoms with Gasteiger partial charge in [-0.2, -0.15) is 0 Å². The molecule has 0 aliphatic rings. The van der Waals surface area contributed by atoms with Gasteiger partial charge in [-0.25, -0.2) is 8.42 Å². The average molecular weight is 293 g/mol. The average Bonchev–Trinajstić information content (AvgIpc) is 2.36. The number of carbonyl (C=O) groups excluding carboxylic acids is 1. The number of hydrogen-bond donors (Lipinski definition) is 2. The number of nitrogens with two attached hydrogens (primary N) is 1. The fraction of sp³-hybridized carbons (Fsp3) is 0.364. The maximum Gasteiger partial charge on any atom is 0.207 e. The minimum atomic E-state index is -3.17. The normalized spacial score (nSPS) is 12.3. The van der Waals surface area contributed by atoms with Crippen LogP contribution in [0.15, 0.2) is 29.2 Å². The fourth-order valence-corrected chi connectivity index (χ4v) is 2.27. The third kappa shape index (κ3) is 4.29. The van der Waals surface area contributed by atoms with E-state index in [0.29, 0.717) is 17.9 Å². The lowest BCUT2D eigenvalue weighted by Gasteiger charge is -2.11. The minimum Gasteiger partial charge on any atom is -0.357 e. The van der Waals surface area contributed by atoms with Crippen LogP contribution in [0.5, 0.6) is 0 Å². The molecule has 1 atom stereocenters. The predicted molar refractivity (Wildman–Crippen MR) is 72.4 cm³/mol. The molecule has 1 amide bonds. The van der Waals surface area contributed by atoms with Crippen LogP contribution in [-0.2, 0) is 14.6 Å². The topological polar surface area (TPSA) is 89.3 Å². The number of sulfone groups is 1. The van der Waals surface area contributed by atoms with Gasteiger partial charge >= 0.3 is 0 Å². The molecule has 0 aromatic heterocycles. The Bertz CT molecular complexity index is 474. The van der Waals surface area contributed by atoms with Crippen LogP contribution in [0.4, 0.5) is 0 Å². The van der Waals surface area contributed by atoms with Gasteiger partial charge < -0.3 is 11.1 Å². The smallest absolute Gasteiger partial charge is 0.207 e. The summed E-state index contributed by atoms with van der Waals surface area (Å²) in [6.07, 6.45) is 0.579. The van der Waals surface area contributed by atoms with E-state index in [1.165, 1.54) is 12.1 Å². The summed E-state index contributed by atoms with van der Waals surface area (Å²) in [7, 11) is -3.17. The molecule has 0 fully saturated rings. The van der Waals surface area contributed by atoms with E-state index < -0.39 is 9.84 Å². The van der Waals surface area contributed by atoms with E-state index in [1.807, 2.05) is 0 Å². The molecule has 0 saturated carbocycles. The molecule has 5 nitrogen and oxygen atoms in total. The van der Waals surface area contributed by atoms with Gasteiger partial charge in [-0.15, -0.1) is 12.4 Å². The summed E-state index contributed by atoms with van der Waals surface area (Å²) in [6, 6.07) is 6.07. The number of halogens is 1. The van der Waals surface area contributed by atoms with Gasteiger partial charge in [-0.05, 0) is 17.7 Å². The van der Waals surface area contributed by atoms with Gasteiger partial charge in [-0.3, -0.25) is 4.79 Å². The van der Waals surface area contributed by atoms with E-state index in [-0.39, 0.29) is 24.2 Å². The summed E-state index contributed by atoms with van der Waals surface area (Å²) in [4.78, 5) is 10.4. The van der Waals surface area contributed by atoms with Crippen LogP contribution < -0.4 is 11.1 Å². The maximum absolute atomic E-state index is 11.6. The highest BCUT2D eigenvalue weighted by molar-refractivity contribution is 7.91. The summed E-state index contributed by atoms with van der Waals surface area (Å²) in [5, 5.41) is 2.48. The third-order valence-corrected chi connectivity index (χ3v) is 4.22. The first-order valence-electron chi connectivity index (χ1n) is 5.26. The Balaban J connectivity index is 0.00000289. The van der Waals surface area contributed by atoms with E-state index >= 15 is 0 Å². The standard InChI is InChI=1S/C11H16N2O3S.ClH/c1-2-17(15,16)10-5-3-9(4-6-10)11(12)7-13-8-14;/h3-6,8,11H,2,7,12H2,1H3,(H,13,14);1H/t11-;/m0./s1. The highest BCUT2D eigenvalue weighted by Crippen LogP contribution is 2.15. The van der Waals surface area contributed by atoms with Crippen molar-refractivity contribution < 1.29 is 13.2 Å². The Labute approximate surface area is 113 Å². The molecule has 0 saturated heterocycles. The number of rotatable bonds is 6. The number of amides is 1. The van der Waals surface area contributed by atoms with Crippen molar-refractivity contribution in [2.45, 2.75) is 17.9 Å². The van der Waals surface area contributed by atoms with Gasteiger partial charge in [0, 0.05) is 12.6 Å². The quantitative estimate of drug-likeness (QED) is 0.753. The lowest BCUT2D eigenvalue weighted by atomic mass is 10.1. The Morgan fingerprint density at radius 1 is 1.33 bits per heavy atom. The summed E-state index contributed by atoms with van der Waals surface area (Å²) in [6.45, 7) is 1.92. The largest absolute Gasteiger partial charge is 0.357 e. The zero-order valence-electron chi connectivity index (χ0n) is 10.00. The Hall–Kier alpha value is -1.11. The second-order valence-electron chi connectivity index (χ2n) is 3.61. The lowest BCUT2D eigenvalue weighted by molar-refractivity contribution is -0.109. The zero-order chi connectivity index (χ0) is 12.9. The van der Waals surface area contributed by atoms with Crippen molar-refractivity contribution in [2.75, 3.05) is 12.3 Å². The first kappa shape index (κ1) is 16.9. The molecular weight excluding hydrogens is 276 g/mol. The monoisotopic (exact) mass is 292 g/mol. The van der Waals surface area contributed by atoms with Crippen molar-refractivity contribution in [3.8, 4) is 0 Å². The molecule has 1 aromatic carbocycles. The summed E-state index contributed by atoms with van der Waals surface area (Å²) >= 11 is 0. The molecule has 0 unspecified atom stereocenters. The second kappa shape index (κ2) is 7.35. The van der Waals surface area contributed by atoms with Crippen molar-refractivity contribution in [2.24, 2.45) is 5.73 Å². The fourth-order valence-electron chi connectivity index (χ4n) is 1.38. The van der Waals surface area contributed by atoms with Gasteiger partial charge in [0.25, 0.3) is 0 Å². The van der Waals surface area contributed by atoms with Gasteiger partial charge in [0.1, 0.15) is 0 Å². The molecule has 1 rings (SSSR count). The number of benzene rings is 1. The van der Waals surface area contributed by atoms with Crippen molar-refractivity contribution in [1.29, 1.82) is 0 Å². The lowest BCUT2D eigenvalue weighted by Crippen LogP contribution is -2.25. The van der Waals surface area contributed by atoms with Crippen molar-refractivity contribution in [3.05, 3.63) is 29.8 Å². The van der Waals surface area contributed by atoms with Crippen LogP contribution in [-0.4, -0.2) is 27.1 Å². The molecule has 0 heterocycles. The molecule has 18 heavy (non-hydrogen) atoms. The molecule has 1 aromatic rings. The maximum atomic E-state index is 11.6. The van der Waals surface area contributed by atoms with Crippen LogP contribution in [0.25, 0.3) is 0 Å². The Morgan fingerprint density at radius 2 is 1.89 bits per heavy atom. The van der Waals surface area contributed by atoms with Gasteiger partial charge in [-0.1, -0.05) is 19.1 Å². The molecule has 3 N–H and O–H groups in total. The molecule has 7 heteroatoms. The van der Waals surface area contributed by atoms with Crippen LogP contribution in [0.2, 0.25) is 0 Å². The van der Waals surface area contributed by atoms with E-state index in [2.05, 4.69) is 5.32 Å². The second-order valence-corrected chi connectivity index (χ2v) is 5.88. The number of nitrogens with one attached hydrogen (secondary N) is 1. The van der Waals surface area contributed by atoms with Crippen LogP contribution in [0.3, 0.4) is 0 Å². The van der Waals surface area contributed by atoms with Crippen LogP contribution in [0.1, 0.15) is 18.5 Å². The summed E-state index contributed by atoms with van der Waals surface area (Å²) in [5.74, 6) is 0.0745. The molecule has 0 radical (unpaired) electrons. The van der Waals surface area contributed by atoms with Crippen molar-refractivity contribution >= 4 is 28.7 Å². The first-order valence-corrected chi connectivity index (χ1v) is 6.92. The van der Waals surface area contributed by atoms with E-state index in [0.717, 1.165) is 5.56 Å². The number of hydrogen-bond acceptors (Lipinski definition) is 4. The van der Waals surface area contributed by atoms with Gasteiger partial charge in [0.15, 0.2) is 9.84 Å². The van der Waals surface area contributed by atoms with Crippen molar-refractivity contribution in [3.63, 3.8) is 0 Å². The first-order chi connectivity index (χ1) is 8.01. The highest BCUT2D eigenvalue weighted by Gasteiger charge is 2.12. The molecule has 0 aliphatic carbocycles. The molecule has 0 bridgehead atoms. The third-order valence-electron chi connectivity index (χ3n) is 2.47. The van der Waals surface area contributed by atoms with Crippen LogP contribution in [0, 0.1) is 0 Å². The Kier molecular flexibility index (Phi) is 6.90. The predicted octanol–water partition coefficient (Wildman–Crippen LogP) is 0.648. The molecule has 0 aliphatic heterocycles. The number of carbonyl (C=O) groups is 1. The molecule has 0 spiro atoms. The van der Waals surface area contributed by atoms with Crippen molar-refractivity contribution in [1.82, 2.24) is 5.32 Å². The van der Waals surface area contributed by atoms with Crippen LogP contribution >= 0.6 is 12.4 Å². The van der Waals surface area contributed by atoms with E-state index in [1.54, 1.807) is 19.1 Å². The van der Waals surface area contributed by atoms with E-state index in [9.17, 15) is 13.2 Å². The summed E-state index contributed by atoms with van der Waals surface area (Å²) in [5.41, 5.74) is 6.59. The van der Waals surface area contributed by atoms with E-state index in [4.69, 9.17) is 5.73 Å². The molecular formula is C11H17ClN2O3S. The van der Waals surface area contributed by atoms with Gasteiger partial charge in [0.2, 0.25) is 6.41 Å². The Morgan fingerprint density at radius 3 is 2.33 bits per heavy atom. The summed E-state index contributed by atoms with van der Waals surface area (Å²) < 4.78 is 23.1. The van der Waals surface area contributed by atoms with Gasteiger partial charge in [0.05, 0.1) is 10.6 Å². The highest BCUT2D eigenvalue weighted by atomic mass is 35.5. The minimum absolute atomic E-state index is 0. The molecule has 102 valence electrons. The SMILES string of the molecule is CCS(=O)(=O)c1ccc([C@@H](N)CNC=O)cc1.Cl. The zero-order valence-corrected chi connectivity index (χ0v) is 11.6.